The average Bonchev–Trinajstić information content (AvgIpc) is 2.90. The highest BCUT2D eigenvalue weighted by Crippen LogP contribution is 2.55. The van der Waals surface area contributed by atoms with Gasteiger partial charge in [0.2, 0.25) is 0 Å². The summed E-state index contributed by atoms with van der Waals surface area (Å²) in [4.78, 5) is 30.2. The van der Waals surface area contributed by atoms with Gasteiger partial charge in [0, 0.05) is 55.0 Å². The molecule has 42 heavy (non-hydrogen) atoms. The van der Waals surface area contributed by atoms with E-state index in [1.165, 1.54) is 12.1 Å². The lowest BCUT2D eigenvalue weighted by Gasteiger charge is -2.49. The molecule has 0 unspecified atom stereocenters. The fourth-order valence-electron chi connectivity index (χ4n) is 6.62. The molecule has 0 spiro atoms. The number of carbonyl (C=O) groups excluding carboxylic acids is 2. The smallest absolute Gasteiger partial charge is 0.174 e. The lowest BCUT2D eigenvalue weighted by molar-refractivity contribution is -0.119. The number of benzene rings is 2. The number of ketones is 2. The molecule has 0 saturated carbocycles. The molecule has 0 aromatic heterocycles. The Balaban J connectivity index is 1.65. The summed E-state index contributed by atoms with van der Waals surface area (Å²) >= 11 is 2.22. The van der Waals surface area contributed by atoms with Gasteiger partial charge in [-0.15, -0.1) is 0 Å². The van der Waals surface area contributed by atoms with Gasteiger partial charge in [-0.1, -0.05) is 39.8 Å². The second-order valence-electron chi connectivity index (χ2n) is 13.1. The Morgan fingerprint density at radius 2 is 1.48 bits per heavy atom. The van der Waals surface area contributed by atoms with Gasteiger partial charge in [0.1, 0.15) is 12.4 Å². The van der Waals surface area contributed by atoms with E-state index in [-0.39, 0.29) is 34.8 Å². The van der Waals surface area contributed by atoms with E-state index in [0.717, 1.165) is 50.1 Å². The third-order valence-corrected chi connectivity index (χ3v) is 9.22. The van der Waals surface area contributed by atoms with Crippen molar-refractivity contribution in [3.05, 3.63) is 79.5 Å². The largest absolute Gasteiger partial charge is 0.493 e. The molecule has 2 aromatic carbocycles. The van der Waals surface area contributed by atoms with E-state index >= 15 is 0 Å². The van der Waals surface area contributed by atoms with Crippen molar-refractivity contribution < 1.29 is 28.2 Å². The fourth-order valence-corrected chi connectivity index (χ4v) is 7.40. The van der Waals surface area contributed by atoms with E-state index in [2.05, 4.69) is 55.2 Å². The minimum Gasteiger partial charge on any atom is -0.493 e. The number of methoxy groups -OCH3 is 2. The highest BCUT2D eigenvalue weighted by atomic mass is 127. The first kappa shape index (κ1) is 30.7. The van der Waals surface area contributed by atoms with Crippen molar-refractivity contribution in [2.75, 3.05) is 27.4 Å². The molecule has 2 aromatic rings. The monoisotopic (exact) mass is 687 g/mol. The van der Waals surface area contributed by atoms with Crippen LogP contribution in [0.2, 0.25) is 0 Å². The third-order valence-electron chi connectivity index (χ3n) is 8.42. The van der Waals surface area contributed by atoms with Crippen LogP contribution in [0.3, 0.4) is 0 Å². The summed E-state index contributed by atoms with van der Waals surface area (Å²) in [6.07, 6.45) is 2.34. The number of ether oxygens (including phenoxy) is 3. The van der Waals surface area contributed by atoms with Crippen LogP contribution in [-0.4, -0.2) is 43.8 Å². The second kappa shape index (κ2) is 11.8. The van der Waals surface area contributed by atoms with Gasteiger partial charge in [-0.2, -0.15) is 0 Å². The summed E-state index contributed by atoms with van der Waals surface area (Å²) in [5.74, 6) is 0.491. The van der Waals surface area contributed by atoms with Crippen LogP contribution in [0.15, 0.2) is 58.9 Å². The van der Waals surface area contributed by atoms with E-state index in [1.54, 1.807) is 26.4 Å². The van der Waals surface area contributed by atoms with Crippen LogP contribution in [0.1, 0.15) is 70.4 Å². The second-order valence-corrected chi connectivity index (χ2v) is 14.3. The van der Waals surface area contributed by atoms with E-state index in [9.17, 15) is 14.0 Å². The van der Waals surface area contributed by atoms with E-state index in [4.69, 9.17) is 14.2 Å². The predicted molar refractivity (Wildman–Crippen MR) is 168 cm³/mol. The first-order valence-corrected chi connectivity index (χ1v) is 15.5. The number of Topliss-reactive ketones (excluding diaryl/α,β-unsaturated/α-hetero) is 2. The highest BCUT2D eigenvalue weighted by Gasteiger charge is 2.49. The third kappa shape index (κ3) is 6.02. The van der Waals surface area contributed by atoms with Gasteiger partial charge in [-0.05, 0) is 81.7 Å². The number of halogens is 2. The van der Waals surface area contributed by atoms with E-state index < -0.39 is 5.92 Å². The molecule has 224 valence electrons. The fraction of sp³-hybridized carbons (Fsp3) is 0.471. The zero-order chi connectivity index (χ0) is 30.4. The van der Waals surface area contributed by atoms with Gasteiger partial charge >= 0.3 is 0 Å². The molecule has 3 aliphatic rings. The molecule has 0 bridgehead atoms. The van der Waals surface area contributed by atoms with E-state index in [0.29, 0.717) is 37.5 Å². The quantitative estimate of drug-likeness (QED) is 0.271. The molecule has 0 saturated heterocycles. The average molecular weight is 688 g/mol. The number of hydrogen-bond donors (Lipinski definition) is 0. The maximum atomic E-state index is 14.0. The van der Waals surface area contributed by atoms with Crippen molar-refractivity contribution in [3.63, 3.8) is 0 Å². The highest BCUT2D eigenvalue weighted by molar-refractivity contribution is 14.1. The zero-order valence-corrected chi connectivity index (χ0v) is 27.4. The Kier molecular flexibility index (Phi) is 8.60. The van der Waals surface area contributed by atoms with Gasteiger partial charge in [0.25, 0.3) is 0 Å². The zero-order valence-electron chi connectivity index (χ0n) is 25.2. The Labute approximate surface area is 261 Å². The van der Waals surface area contributed by atoms with Crippen LogP contribution in [0.5, 0.6) is 11.5 Å². The number of nitrogens with zero attached hydrogens (tertiary/aromatic N) is 1. The topological polar surface area (TPSA) is 65.1 Å². The van der Waals surface area contributed by atoms with Crippen LogP contribution in [0, 0.1) is 20.2 Å². The summed E-state index contributed by atoms with van der Waals surface area (Å²) in [5.41, 5.74) is 4.74. The van der Waals surface area contributed by atoms with E-state index in [1.807, 2.05) is 12.1 Å². The summed E-state index contributed by atoms with van der Waals surface area (Å²) in [7, 11) is 3.27. The molecule has 8 heteroatoms. The molecule has 0 N–H and O–H groups in total. The van der Waals surface area contributed by atoms with Gasteiger partial charge in [-0.25, -0.2) is 4.39 Å². The Morgan fingerprint density at radius 1 is 0.905 bits per heavy atom. The number of allylic oxidation sites excluding steroid dienone is 4. The van der Waals surface area contributed by atoms with Crippen LogP contribution in [0.25, 0.3) is 0 Å². The Bertz CT molecular complexity index is 1420. The number of carbonyl (C=O) groups is 2. The molecular weight excluding hydrogens is 648 g/mol. The van der Waals surface area contributed by atoms with Gasteiger partial charge in [0.05, 0.1) is 17.3 Å². The SMILES string of the molecule is COCCN1C2=C(C(=O)CC(C)(C)C2)C(c2cc(I)c(OCc3ccc(F)cc3)c(OC)c2)C2=C1CC(C)(C)CC2=O. The van der Waals surface area contributed by atoms with Crippen molar-refractivity contribution in [1.82, 2.24) is 4.90 Å². The molecule has 0 amide bonds. The van der Waals surface area contributed by atoms with Crippen LogP contribution < -0.4 is 9.47 Å². The molecule has 0 atom stereocenters. The van der Waals surface area contributed by atoms with Gasteiger partial charge < -0.3 is 19.1 Å². The summed E-state index contributed by atoms with van der Waals surface area (Å²) in [5, 5.41) is 0. The van der Waals surface area contributed by atoms with Crippen molar-refractivity contribution in [2.24, 2.45) is 10.8 Å². The Hall–Kier alpha value is -2.72. The Morgan fingerprint density at radius 3 is 2.00 bits per heavy atom. The lowest BCUT2D eigenvalue weighted by atomic mass is 9.63. The van der Waals surface area contributed by atoms with Crippen molar-refractivity contribution in [1.29, 1.82) is 0 Å². The number of rotatable bonds is 8. The molecule has 1 aliphatic heterocycles. The molecule has 5 rings (SSSR count). The molecule has 2 aliphatic carbocycles. The maximum Gasteiger partial charge on any atom is 0.174 e. The van der Waals surface area contributed by atoms with Crippen LogP contribution in [0.4, 0.5) is 4.39 Å². The molecule has 0 radical (unpaired) electrons. The molecular formula is C34H39FINO5. The summed E-state index contributed by atoms with van der Waals surface area (Å²) in [6.45, 7) is 9.87. The van der Waals surface area contributed by atoms with Crippen molar-refractivity contribution in [3.8, 4) is 11.5 Å². The van der Waals surface area contributed by atoms with Crippen molar-refractivity contribution >= 4 is 34.2 Å². The first-order chi connectivity index (χ1) is 19.8. The molecule has 1 heterocycles. The standard InChI is InChI=1S/C34H39FINO5/c1-33(2)15-24-30(26(38)17-33)29(31-25(37(24)11-12-40-5)16-34(3,4)18-27(31)39)21-13-23(36)32(28(14-21)41-6)42-19-20-7-9-22(35)10-8-20/h7-10,13-14,29H,11-12,15-19H2,1-6H3. The normalized spacial score (nSPS) is 20.0. The summed E-state index contributed by atoms with van der Waals surface area (Å²) in [6, 6.07) is 10.1. The minimum absolute atomic E-state index is 0.0865. The minimum atomic E-state index is -0.477. The predicted octanol–water partition coefficient (Wildman–Crippen LogP) is 7.35. The van der Waals surface area contributed by atoms with Crippen LogP contribution >= 0.6 is 22.6 Å². The van der Waals surface area contributed by atoms with Gasteiger partial charge in [-0.3, -0.25) is 9.59 Å². The first-order valence-electron chi connectivity index (χ1n) is 14.4. The summed E-state index contributed by atoms with van der Waals surface area (Å²) < 4.78 is 31.7. The lowest BCUT2D eigenvalue weighted by Crippen LogP contribution is -2.45. The van der Waals surface area contributed by atoms with Gasteiger partial charge in [0.15, 0.2) is 23.1 Å². The molecule has 6 nitrogen and oxygen atoms in total. The van der Waals surface area contributed by atoms with Crippen molar-refractivity contribution in [2.45, 2.75) is 65.9 Å². The maximum absolute atomic E-state index is 14.0. The van der Waals surface area contributed by atoms with Crippen LogP contribution in [-0.2, 0) is 20.9 Å². The molecule has 0 fully saturated rings. The number of hydrogen-bond acceptors (Lipinski definition) is 6.